The van der Waals surface area contributed by atoms with Gasteiger partial charge in [0.2, 0.25) is 0 Å². The van der Waals surface area contributed by atoms with Gasteiger partial charge in [-0.2, -0.15) is 0 Å². The van der Waals surface area contributed by atoms with Crippen molar-refractivity contribution in [1.82, 2.24) is 0 Å². The van der Waals surface area contributed by atoms with Crippen molar-refractivity contribution in [2.45, 2.75) is 65.2 Å². The summed E-state index contributed by atoms with van der Waals surface area (Å²) in [5.41, 5.74) is 0.337. The Morgan fingerprint density at radius 2 is 1.65 bits per heavy atom. The molecule has 0 unspecified atom stereocenters. The van der Waals surface area contributed by atoms with Gasteiger partial charge in [0.1, 0.15) is 0 Å². The predicted octanol–water partition coefficient (Wildman–Crippen LogP) is 5.09. The van der Waals surface area contributed by atoms with E-state index in [0.29, 0.717) is 24.5 Å². The zero-order valence-electron chi connectivity index (χ0n) is 14.5. The maximum absolute atomic E-state index is 11.6. The number of carbonyl (C=O) groups excluding carboxylic acids is 1. The molecular weight excluding hydrogens is 292 g/mol. The van der Waals surface area contributed by atoms with Crippen molar-refractivity contribution in [1.29, 1.82) is 0 Å². The zero-order chi connectivity index (χ0) is 16.9. The van der Waals surface area contributed by atoms with Crippen LogP contribution in [0.4, 0.5) is 0 Å². The Labute approximate surface area is 139 Å². The topological polar surface area (TPSA) is 55.8 Å². The lowest BCUT2D eigenvalue weighted by atomic mass is 10.1. The largest absolute Gasteiger partial charge is 0.504 e. The highest BCUT2D eigenvalue weighted by Gasteiger charge is 2.10. The molecule has 0 fully saturated rings. The summed E-state index contributed by atoms with van der Waals surface area (Å²) >= 11 is 0. The molecule has 0 heterocycles. The molecule has 4 heteroatoms. The molecule has 0 radical (unpaired) electrons. The summed E-state index contributed by atoms with van der Waals surface area (Å²) in [7, 11) is 0. The molecule has 0 aliphatic rings. The number of phenolic OH excluding ortho intramolecular Hbond substituents is 1. The molecule has 23 heavy (non-hydrogen) atoms. The van der Waals surface area contributed by atoms with E-state index in [-0.39, 0.29) is 5.75 Å². The fraction of sp³-hybridized carbons (Fsp3) is 0.632. The number of rotatable bonds is 12. The van der Waals surface area contributed by atoms with Crippen molar-refractivity contribution in [2.24, 2.45) is 0 Å². The third kappa shape index (κ3) is 7.91. The Hall–Kier alpha value is -1.71. The Morgan fingerprint density at radius 1 is 1.00 bits per heavy atom. The number of phenols is 1. The number of hydrogen-bond donors (Lipinski definition) is 1. The van der Waals surface area contributed by atoms with Gasteiger partial charge in [-0.15, -0.1) is 0 Å². The third-order valence-electron chi connectivity index (χ3n) is 3.73. The number of carbonyl (C=O) groups is 1. The molecule has 0 aromatic heterocycles. The Balaban J connectivity index is 2.21. The van der Waals surface area contributed by atoms with E-state index in [1.54, 1.807) is 19.1 Å². The van der Waals surface area contributed by atoms with E-state index in [0.717, 1.165) is 12.8 Å². The van der Waals surface area contributed by atoms with Crippen molar-refractivity contribution in [3.63, 3.8) is 0 Å². The van der Waals surface area contributed by atoms with Crippen molar-refractivity contribution >= 4 is 5.97 Å². The molecule has 4 nitrogen and oxygen atoms in total. The van der Waals surface area contributed by atoms with Crippen molar-refractivity contribution in [3.8, 4) is 11.5 Å². The number of ether oxygens (including phenoxy) is 2. The number of unbranched alkanes of at least 4 members (excludes halogenated alkanes) is 7. The fourth-order valence-corrected chi connectivity index (χ4v) is 2.40. The molecule has 0 atom stereocenters. The minimum atomic E-state index is -0.433. The number of hydrogen-bond acceptors (Lipinski definition) is 4. The average molecular weight is 322 g/mol. The van der Waals surface area contributed by atoms with E-state index < -0.39 is 5.97 Å². The summed E-state index contributed by atoms with van der Waals surface area (Å²) in [4.78, 5) is 11.6. The van der Waals surface area contributed by atoms with Crippen LogP contribution in [0.5, 0.6) is 11.5 Å². The van der Waals surface area contributed by atoms with Gasteiger partial charge in [-0.25, -0.2) is 4.79 Å². The summed E-state index contributed by atoms with van der Waals surface area (Å²) in [6.07, 6.45) is 9.94. The van der Waals surface area contributed by atoms with Gasteiger partial charge in [0, 0.05) is 0 Å². The summed E-state index contributed by atoms with van der Waals surface area (Å²) in [5.74, 6) is -0.0338. The van der Waals surface area contributed by atoms with Crippen LogP contribution in [0.1, 0.15) is 75.6 Å². The minimum absolute atomic E-state index is 0.0184. The summed E-state index contributed by atoms with van der Waals surface area (Å²) in [6.45, 7) is 4.88. The first-order chi connectivity index (χ1) is 11.2. The second kappa shape index (κ2) is 11.8. The smallest absolute Gasteiger partial charge is 0.338 e. The molecule has 0 saturated carbocycles. The standard InChI is InChI=1S/C19H30O4/c1-3-5-6-7-8-9-10-11-14-23-18-13-12-16(15-17(18)20)19(21)22-4-2/h12-13,15,20H,3-11,14H2,1-2H3. The molecular formula is C19H30O4. The van der Waals surface area contributed by atoms with Crippen molar-refractivity contribution < 1.29 is 19.4 Å². The molecule has 1 aromatic rings. The van der Waals surface area contributed by atoms with E-state index >= 15 is 0 Å². The quantitative estimate of drug-likeness (QED) is 0.430. The molecule has 0 spiro atoms. The summed E-state index contributed by atoms with van der Waals surface area (Å²) in [5, 5.41) is 9.90. The van der Waals surface area contributed by atoms with Crippen molar-refractivity contribution in [3.05, 3.63) is 23.8 Å². The molecule has 0 saturated heterocycles. The lowest BCUT2D eigenvalue weighted by Crippen LogP contribution is -2.05. The highest BCUT2D eigenvalue weighted by Crippen LogP contribution is 2.27. The number of aromatic hydroxyl groups is 1. The van der Waals surface area contributed by atoms with Gasteiger partial charge in [0.25, 0.3) is 0 Å². The second-order valence-corrected chi connectivity index (χ2v) is 5.73. The highest BCUT2D eigenvalue weighted by atomic mass is 16.5. The maximum atomic E-state index is 11.6. The van der Waals surface area contributed by atoms with Crippen molar-refractivity contribution in [2.75, 3.05) is 13.2 Å². The first kappa shape index (κ1) is 19.3. The maximum Gasteiger partial charge on any atom is 0.338 e. The molecule has 1 rings (SSSR count). The lowest BCUT2D eigenvalue weighted by molar-refractivity contribution is 0.0526. The molecule has 0 aliphatic heterocycles. The molecule has 130 valence electrons. The van der Waals surface area contributed by atoms with Gasteiger partial charge in [0.05, 0.1) is 18.8 Å². The van der Waals surface area contributed by atoms with Crippen LogP contribution in [0, 0.1) is 0 Å². The molecule has 1 N–H and O–H groups in total. The van der Waals surface area contributed by atoms with Crippen LogP contribution >= 0.6 is 0 Å². The van der Waals surface area contributed by atoms with Crippen LogP contribution in [-0.2, 0) is 4.74 Å². The molecule has 1 aromatic carbocycles. The molecule has 0 aliphatic carbocycles. The van der Waals surface area contributed by atoms with Gasteiger partial charge in [-0.1, -0.05) is 51.9 Å². The van der Waals surface area contributed by atoms with Gasteiger partial charge in [-0.05, 0) is 31.5 Å². The van der Waals surface area contributed by atoms with E-state index in [9.17, 15) is 9.90 Å². The van der Waals surface area contributed by atoms with Crippen LogP contribution in [0.3, 0.4) is 0 Å². The molecule has 0 bridgehead atoms. The minimum Gasteiger partial charge on any atom is -0.504 e. The molecule has 0 amide bonds. The van der Waals surface area contributed by atoms with Crippen LogP contribution in [0.25, 0.3) is 0 Å². The van der Waals surface area contributed by atoms with E-state index in [2.05, 4.69) is 6.92 Å². The summed E-state index contributed by atoms with van der Waals surface area (Å²) < 4.78 is 10.5. The first-order valence-corrected chi connectivity index (χ1v) is 8.82. The zero-order valence-corrected chi connectivity index (χ0v) is 14.5. The van der Waals surface area contributed by atoms with Gasteiger partial charge >= 0.3 is 5.97 Å². The van der Waals surface area contributed by atoms with Gasteiger partial charge < -0.3 is 14.6 Å². The van der Waals surface area contributed by atoms with Crippen LogP contribution < -0.4 is 4.74 Å². The monoisotopic (exact) mass is 322 g/mol. The van der Waals surface area contributed by atoms with Crippen LogP contribution in [-0.4, -0.2) is 24.3 Å². The van der Waals surface area contributed by atoms with E-state index in [1.165, 1.54) is 44.6 Å². The fourth-order valence-electron chi connectivity index (χ4n) is 2.40. The Bertz CT molecular complexity index is 457. The second-order valence-electron chi connectivity index (χ2n) is 5.73. The van der Waals surface area contributed by atoms with Crippen LogP contribution in [0.15, 0.2) is 18.2 Å². The highest BCUT2D eigenvalue weighted by molar-refractivity contribution is 5.90. The van der Waals surface area contributed by atoms with Gasteiger partial charge in [0.15, 0.2) is 11.5 Å². The lowest BCUT2D eigenvalue weighted by Gasteiger charge is -2.09. The van der Waals surface area contributed by atoms with Gasteiger partial charge in [-0.3, -0.25) is 0 Å². The van der Waals surface area contributed by atoms with E-state index in [1.807, 2.05) is 0 Å². The average Bonchev–Trinajstić information content (AvgIpc) is 2.54. The predicted molar refractivity (Wildman–Crippen MR) is 92.2 cm³/mol. The SMILES string of the molecule is CCCCCCCCCCOc1ccc(C(=O)OCC)cc1O. The summed E-state index contributed by atoms with van der Waals surface area (Å²) in [6, 6.07) is 4.62. The Morgan fingerprint density at radius 3 is 2.26 bits per heavy atom. The third-order valence-corrected chi connectivity index (χ3v) is 3.73. The normalized spacial score (nSPS) is 10.5. The van der Waals surface area contributed by atoms with Crippen LogP contribution in [0.2, 0.25) is 0 Å². The number of esters is 1. The Kier molecular flexibility index (Phi) is 9.92. The van der Waals surface area contributed by atoms with E-state index in [4.69, 9.17) is 9.47 Å². The first-order valence-electron chi connectivity index (χ1n) is 8.82. The number of benzene rings is 1.